The Bertz CT molecular complexity index is 974. The summed E-state index contributed by atoms with van der Waals surface area (Å²) in [6.45, 7) is 0.816. The molecule has 1 heterocycles. The first-order valence-electron chi connectivity index (χ1n) is 9.32. The Morgan fingerprint density at radius 1 is 1.14 bits per heavy atom. The summed E-state index contributed by atoms with van der Waals surface area (Å²) < 4.78 is 6.53. The second kappa shape index (κ2) is 8.56. The van der Waals surface area contributed by atoms with Crippen LogP contribution in [0.1, 0.15) is 18.4 Å². The SMILES string of the molecule is O=C(COc1ccc(CCNc2ncnc3ccc(Br)cc23)cc1)NC1CC1. The largest absolute Gasteiger partial charge is 0.484 e. The molecule has 1 saturated carbocycles. The normalized spacial score (nSPS) is 13.3. The number of fused-ring (bicyclic) bond motifs is 1. The van der Waals surface area contributed by atoms with Crippen LogP contribution in [0.15, 0.2) is 53.3 Å². The number of carbonyl (C=O) groups is 1. The van der Waals surface area contributed by atoms with E-state index in [1.165, 1.54) is 5.56 Å². The molecule has 0 aliphatic heterocycles. The van der Waals surface area contributed by atoms with E-state index in [0.29, 0.717) is 11.8 Å². The smallest absolute Gasteiger partial charge is 0.258 e. The summed E-state index contributed by atoms with van der Waals surface area (Å²) in [6.07, 6.45) is 4.58. The molecule has 1 amide bonds. The lowest BCUT2D eigenvalue weighted by atomic mass is 10.1. The van der Waals surface area contributed by atoms with E-state index in [4.69, 9.17) is 4.74 Å². The van der Waals surface area contributed by atoms with Gasteiger partial charge in [-0.1, -0.05) is 28.1 Å². The van der Waals surface area contributed by atoms with Gasteiger partial charge < -0.3 is 15.4 Å². The van der Waals surface area contributed by atoms with Crippen LogP contribution in [0.25, 0.3) is 10.9 Å². The van der Waals surface area contributed by atoms with Crippen molar-refractivity contribution < 1.29 is 9.53 Å². The van der Waals surface area contributed by atoms with Gasteiger partial charge >= 0.3 is 0 Å². The van der Waals surface area contributed by atoms with Crippen LogP contribution in [0.5, 0.6) is 5.75 Å². The van der Waals surface area contributed by atoms with Crippen molar-refractivity contribution in [3.05, 3.63) is 58.8 Å². The summed E-state index contributed by atoms with van der Waals surface area (Å²) in [5.41, 5.74) is 2.09. The molecule has 7 heteroatoms. The van der Waals surface area contributed by atoms with Crippen molar-refractivity contribution in [2.24, 2.45) is 0 Å². The fraction of sp³-hybridized carbons (Fsp3) is 0.286. The third-order valence-corrected chi connectivity index (χ3v) is 5.03. The van der Waals surface area contributed by atoms with Crippen LogP contribution < -0.4 is 15.4 Å². The number of anilines is 1. The fourth-order valence-corrected chi connectivity index (χ4v) is 3.25. The van der Waals surface area contributed by atoms with E-state index < -0.39 is 0 Å². The standard InChI is InChI=1S/C21H21BrN4O2/c22-15-3-8-19-18(11-15)21(25-13-24-19)23-10-9-14-1-6-17(7-2-14)28-12-20(27)26-16-4-5-16/h1-3,6-8,11,13,16H,4-5,9-10,12H2,(H,26,27)(H,23,24,25). The van der Waals surface area contributed by atoms with E-state index in [-0.39, 0.29) is 12.5 Å². The average molecular weight is 441 g/mol. The molecule has 6 nitrogen and oxygen atoms in total. The van der Waals surface area contributed by atoms with Crippen LogP contribution in [0.3, 0.4) is 0 Å². The average Bonchev–Trinajstić information content (AvgIpc) is 3.51. The molecule has 0 unspecified atom stereocenters. The molecule has 4 rings (SSSR count). The van der Waals surface area contributed by atoms with Gasteiger partial charge in [0.15, 0.2) is 6.61 Å². The topological polar surface area (TPSA) is 76.1 Å². The maximum absolute atomic E-state index is 11.7. The summed E-state index contributed by atoms with van der Waals surface area (Å²) in [7, 11) is 0. The minimum Gasteiger partial charge on any atom is -0.484 e. The van der Waals surface area contributed by atoms with Crippen molar-refractivity contribution in [3.63, 3.8) is 0 Å². The Labute approximate surface area is 171 Å². The van der Waals surface area contributed by atoms with Crippen LogP contribution >= 0.6 is 15.9 Å². The number of ether oxygens (including phenoxy) is 1. The van der Waals surface area contributed by atoms with Crippen LogP contribution in [0.2, 0.25) is 0 Å². The molecule has 144 valence electrons. The maximum Gasteiger partial charge on any atom is 0.258 e. The van der Waals surface area contributed by atoms with E-state index >= 15 is 0 Å². The van der Waals surface area contributed by atoms with Crippen molar-refractivity contribution in [2.75, 3.05) is 18.5 Å². The zero-order valence-electron chi connectivity index (χ0n) is 15.3. The second-order valence-electron chi connectivity index (χ2n) is 6.83. The maximum atomic E-state index is 11.7. The van der Waals surface area contributed by atoms with Gasteiger partial charge in [-0.3, -0.25) is 4.79 Å². The first-order chi connectivity index (χ1) is 13.7. The van der Waals surface area contributed by atoms with Crippen molar-refractivity contribution in [3.8, 4) is 5.75 Å². The van der Waals surface area contributed by atoms with Crippen LogP contribution in [0.4, 0.5) is 5.82 Å². The summed E-state index contributed by atoms with van der Waals surface area (Å²) >= 11 is 3.49. The monoisotopic (exact) mass is 440 g/mol. The molecule has 0 radical (unpaired) electrons. The molecule has 0 bridgehead atoms. The van der Waals surface area contributed by atoms with Gasteiger partial charge in [-0.25, -0.2) is 9.97 Å². The number of nitrogens with zero attached hydrogens (tertiary/aromatic N) is 2. The molecule has 0 spiro atoms. The molecular formula is C21H21BrN4O2. The lowest BCUT2D eigenvalue weighted by Crippen LogP contribution is -2.30. The highest BCUT2D eigenvalue weighted by Gasteiger charge is 2.23. The summed E-state index contributed by atoms with van der Waals surface area (Å²) in [5, 5.41) is 7.29. The highest BCUT2D eigenvalue weighted by Crippen LogP contribution is 2.23. The minimum atomic E-state index is -0.0560. The Kier molecular flexibility index (Phi) is 5.71. The number of halogens is 1. The highest BCUT2D eigenvalue weighted by molar-refractivity contribution is 9.10. The third kappa shape index (κ3) is 4.98. The Morgan fingerprint density at radius 2 is 1.96 bits per heavy atom. The van der Waals surface area contributed by atoms with Crippen LogP contribution in [-0.2, 0) is 11.2 Å². The minimum absolute atomic E-state index is 0.0560. The van der Waals surface area contributed by atoms with E-state index in [0.717, 1.165) is 47.0 Å². The van der Waals surface area contributed by atoms with Gasteiger partial charge in [0, 0.05) is 22.4 Å². The molecule has 1 aliphatic rings. The van der Waals surface area contributed by atoms with Gasteiger partial charge in [-0.15, -0.1) is 0 Å². The van der Waals surface area contributed by atoms with Crippen molar-refractivity contribution in [1.29, 1.82) is 0 Å². The molecule has 1 aliphatic carbocycles. The first-order valence-corrected chi connectivity index (χ1v) is 10.1. The van der Waals surface area contributed by atoms with E-state index in [9.17, 15) is 4.79 Å². The van der Waals surface area contributed by atoms with Gasteiger partial charge in [0.1, 0.15) is 17.9 Å². The lowest BCUT2D eigenvalue weighted by Gasteiger charge is -2.10. The second-order valence-corrected chi connectivity index (χ2v) is 7.75. The van der Waals surface area contributed by atoms with Crippen molar-refractivity contribution in [1.82, 2.24) is 15.3 Å². The number of hydrogen-bond donors (Lipinski definition) is 2. The van der Waals surface area contributed by atoms with Crippen molar-refractivity contribution >= 4 is 38.6 Å². The molecule has 0 atom stereocenters. The summed E-state index contributed by atoms with van der Waals surface area (Å²) in [5.74, 6) is 1.47. The van der Waals surface area contributed by atoms with Crippen LogP contribution in [0, 0.1) is 0 Å². The number of benzene rings is 2. The van der Waals surface area contributed by atoms with Gasteiger partial charge in [0.25, 0.3) is 5.91 Å². The molecule has 1 fully saturated rings. The van der Waals surface area contributed by atoms with Crippen molar-refractivity contribution in [2.45, 2.75) is 25.3 Å². The predicted octanol–water partition coefficient (Wildman–Crippen LogP) is 3.70. The van der Waals surface area contributed by atoms with E-state index in [1.54, 1.807) is 6.33 Å². The molecule has 28 heavy (non-hydrogen) atoms. The number of rotatable bonds is 8. The van der Waals surface area contributed by atoms with E-state index in [2.05, 4.69) is 36.5 Å². The number of nitrogens with one attached hydrogen (secondary N) is 2. The number of amides is 1. The van der Waals surface area contributed by atoms with Crippen LogP contribution in [-0.4, -0.2) is 35.1 Å². The Balaban J connectivity index is 1.28. The predicted molar refractivity (Wildman–Crippen MR) is 113 cm³/mol. The summed E-state index contributed by atoms with van der Waals surface area (Å²) in [4.78, 5) is 20.3. The van der Waals surface area contributed by atoms with Gasteiger partial charge in [0.2, 0.25) is 0 Å². The molecular weight excluding hydrogens is 420 g/mol. The lowest BCUT2D eigenvalue weighted by molar-refractivity contribution is -0.123. The number of aromatic nitrogens is 2. The van der Waals surface area contributed by atoms with Gasteiger partial charge in [-0.05, 0) is 55.2 Å². The zero-order chi connectivity index (χ0) is 19.3. The zero-order valence-corrected chi connectivity index (χ0v) is 16.9. The quantitative estimate of drug-likeness (QED) is 0.558. The van der Waals surface area contributed by atoms with Gasteiger partial charge in [-0.2, -0.15) is 0 Å². The fourth-order valence-electron chi connectivity index (χ4n) is 2.89. The Morgan fingerprint density at radius 3 is 2.75 bits per heavy atom. The number of hydrogen-bond acceptors (Lipinski definition) is 5. The summed E-state index contributed by atoms with van der Waals surface area (Å²) in [6, 6.07) is 14.2. The van der Waals surface area contributed by atoms with Gasteiger partial charge in [0.05, 0.1) is 5.52 Å². The highest BCUT2D eigenvalue weighted by atomic mass is 79.9. The molecule has 0 saturated heterocycles. The first kappa shape index (κ1) is 18.7. The molecule has 2 N–H and O–H groups in total. The number of carbonyl (C=O) groups excluding carboxylic acids is 1. The molecule has 1 aromatic heterocycles. The third-order valence-electron chi connectivity index (χ3n) is 4.54. The van der Waals surface area contributed by atoms with E-state index in [1.807, 2.05) is 42.5 Å². The Hall–Kier alpha value is -2.67. The molecule has 2 aromatic carbocycles. The molecule has 3 aromatic rings.